The van der Waals surface area contributed by atoms with Crippen molar-refractivity contribution < 1.29 is 9.84 Å². The van der Waals surface area contributed by atoms with Crippen LogP contribution in [0.1, 0.15) is 30.9 Å². The number of rotatable bonds is 4. The zero-order valence-corrected chi connectivity index (χ0v) is 10.8. The Morgan fingerprint density at radius 3 is 2.28 bits per heavy atom. The molecule has 0 saturated heterocycles. The Kier molecular flexibility index (Phi) is 3.88. The van der Waals surface area contributed by atoms with Crippen LogP contribution in [-0.2, 0) is 6.61 Å². The molecule has 0 radical (unpaired) electrons. The topological polar surface area (TPSA) is 29.5 Å². The Labute approximate surface area is 108 Å². The first-order valence-electron chi connectivity index (χ1n) is 6.16. The van der Waals surface area contributed by atoms with Crippen molar-refractivity contribution >= 4 is 0 Å². The molecule has 0 bridgehead atoms. The Morgan fingerprint density at radius 2 is 1.67 bits per heavy atom. The molecular formula is C16H18O2. The highest BCUT2D eigenvalue weighted by Crippen LogP contribution is 2.25. The van der Waals surface area contributed by atoms with Crippen LogP contribution in [0.2, 0.25) is 0 Å². The quantitative estimate of drug-likeness (QED) is 0.874. The van der Waals surface area contributed by atoms with Gasteiger partial charge < -0.3 is 9.84 Å². The van der Waals surface area contributed by atoms with Crippen molar-refractivity contribution in [2.75, 3.05) is 0 Å². The fraction of sp³-hybridized carbons (Fsp3) is 0.250. The van der Waals surface area contributed by atoms with Gasteiger partial charge >= 0.3 is 0 Å². The molecule has 0 aliphatic carbocycles. The number of benzene rings is 2. The molecule has 0 heterocycles. The van der Waals surface area contributed by atoms with Gasteiger partial charge in [-0.15, -0.1) is 0 Å². The number of aromatic hydroxyl groups is 1. The van der Waals surface area contributed by atoms with E-state index >= 15 is 0 Å². The van der Waals surface area contributed by atoms with Crippen molar-refractivity contribution in [3.63, 3.8) is 0 Å². The first-order chi connectivity index (χ1) is 8.66. The number of hydrogen-bond acceptors (Lipinski definition) is 2. The van der Waals surface area contributed by atoms with E-state index in [9.17, 15) is 5.11 Å². The maximum absolute atomic E-state index is 9.58. The summed E-state index contributed by atoms with van der Waals surface area (Å²) >= 11 is 0. The minimum Gasteiger partial charge on any atom is -0.504 e. The highest BCUT2D eigenvalue weighted by atomic mass is 16.5. The Morgan fingerprint density at radius 1 is 1.00 bits per heavy atom. The van der Waals surface area contributed by atoms with Crippen LogP contribution in [0.3, 0.4) is 0 Å². The van der Waals surface area contributed by atoms with Crippen LogP contribution < -0.4 is 4.74 Å². The van der Waals surface area contributed by atoms with Crippen LogP contribution in [0.15, 0.2) is 48.5 Å². The van der Waals surface area contributed by atoms with Crippen LogP contribution in [0, 0.1) is 0 Å². The standard InChI is InChI=1S/C16H18O2/c1-12(2)14-9-7-13(8-10-14)11-18-16-6-4-3-5-15(16)17/h3-10,12,17H,11H2,1-2H3. The summed E-state index contributed by atoms with van der Waals surface area (Å²) in [4.78, 5) is 0. The van der Waals surface area contributed by atoms with Crippen LogP contribution >= 0.6 is 0 Å². The normalized spacial score (nSPS) is 10.6. The lowest BCUT2D eigenvalue weighted by atomic mass is 10.0. The molecule has 2 nitrogen and oxygen atoms in total. The monoisotopic (exact) mass is 242 g/mol. The molecule has 2 rings (SSSR count). The predicted octanol–water partition coefficient (Wildman–Crippen LogP) is 4.09. The van der Waals surface area contributed by atoms with Gasteiger partial charge in [-0.05, 0) is 29.2 Å². The van der Waals surface area contributed by atoms with Gasteiger partial charge in [-0.1, -0.05) is 50.2 Å². The number of ether oxygens (including phenoxy) is 1. The zero-order valence-electron chi connectivity index (χ0n) is 10.8. The minimum absolute atomic E-state index is 0.177. The van der Waals surface area contributed by atoms with Crippen molar-refractivity contribution in [2.45, 2.75) is 26.4 Å². The molecule has 0 aromatic heterocycles. The molecule has 18 heavy (non-hydrogen) atoms. The van der Waals surface area contributed by atoms with Crippen LogP contribution in [0.25, 0.3) is 0 Å². The number of phenolic OH excluding ortho intramolecular Hbond substituents is 1. The van der Waals surface area contributed by atoms with E-state index in [1.165, 1.54) is 5.56 Å². The van der Waals surface area contributed by atoms with Gasteiger partial charge in [-0.25, -0.2) is 0 Å². The molecule has 0 saturated carbocycles. The summed E-state index contributed by atoms with van der Waals surface area (Å²) < 4.78 is 5.57. The lowest BCUT2D eigenvalue weighted by molar-refractivity contribution is 0.289. The third-order valence-electron chi connectivity index (χ3n) is 2.91. The van der Waals surface area contributed by atoms with E-state index in [4.69, 9.17) is 4.74 Å². The smallest absolute Gasteiger partial charge is 0.161 e. The molecule has 2 heteroatoms. The van der Waals surface area contributed by atoms with Crippen molar-refractivity contribution in [1.29, 1.82) is 0 Å². The maximum atomic E-state index is 9.58. The molecule has 0 amide bonds. The fourth-order valence-electron chi connectivity index (χ4n) is 1.74. The summed E-state index contributed by atoms with van der Waals surface area (Å²) in [5.74, 6) is 1.24. The van der Waals surface area contributed by atoms with E-state index in [1.807, 2.05) is 6.07 Å². The molecule has 0 aliphatic heterocycles. The number of hydrogen-bond donors (Lipinski definition) is 1. The molecule has 0 unspecified atom stereocenters. The zero-order chi connectivity index (χ0) is 13.0. The summed E-state index contributed by atoms with van der Waals surface area (Å²) in [6.07, 6.45) is 0. The van der Waals surface area contributed by atoms with E-state index < -0.39 is 0 Å². The fourth-order valence-corrected chi connectivity index (χ4v) is 1.74. The van der Waals surface area contributed by atoms with Gasteiger partial charge in [-0.3, -0.25) is 0 Å². The van der Waals surface area contributed by atoms with Gasteiger partial charge in [0.1, 0.15) is 6.61 Å². The third kappa shape index (κ3) is 3.04. The van der Waals surface area contributed by atoms with Crippen LogP contribution in [-0.4, -0.2) is 5.11 Å². The van der Waals surface area contributed by atoms with E-state index in [0.29, 0.717) is 18.3 Å². The van der Waals surface area contributed by atoms with Crippen LogP contribution in [0.5, 0.6) is 11.5 Å². The highest BCUT2D eigenvalue weighted by molar-refractivity contribution is 5.38. The van der Waals surface area contributed by atoms with Gasteiger partial charge in [0.05, 0.1) is 0 Å². The predicted molar refractivity (Wildman–Crippen MR) is 73.0 cm³/mol. The lowest BCUT2D eigenvalue weighted by Crippen LogP contribution is -1.96. The van der Waals surface area contributed by atoms with Gasteiger partial charge in [0, 0.05) is 0 Å². The number of phenols is 1. The van der Waals surface area contributed by atoms with Crippen molar-refractivity contribution in [3.05, 3.63) is 59.7 Å². The summed E-state index contributed by atoms with van der Waals surface area (Å²) in [5.41, 5.74) is 2.42. The van der Waals surface area contributed by atoms with Gasteiger partial charge in [0.2, 0.25) is 0 Å². The number of para-hydroxylation sites is 2. The summed E-state index contributed by atoms with van der Waals surface area (Å²) in [6, 6.07) is 15.4. The summed E-state index contributed by atoms with van der Waals surface area (Å²) in [6.45, 7) is 4.82. The second-order valence-electron chi connectivity index (χ2n) is 4.65. The summed E-state index contributed by atoms with van der Waals surface area (Å²) in [7, 11) is 0. The lowest BCUT2D eigenvalue weighted by Gasteiger charge is -2.09. The Balaban J connectivity index is 2.00. The molecule has 94 valence electrons. The summed E-state index contributed by atoms with van der Waals surface area (Å²) in [5, 5.41) is 9.58. The SMILES string of the molecule is CC(C)c1ccc(COc2ccccc2O)cc1. The Hall–Kier alpha value is -1.96. The van der Waals surface area contributed by atoms with Crippen LogP contribution in [0.4, 0.5) is 0 Å². The molecular weight excluding hydrogens is 224 g/mol. The van der Waals surface area contributed by atoms with Gasteiger partial charge in [0.15, 0.2) is 11.5 Å². The molecule has 0 aliphatic rings. The largest absolute Gasteiger partial charge is 0.504 e. The van der Waals surface area contributed by atoms with Gasteiger partial charge in [-0.2, -0.15) is 0 Å². The minimum atomic E-state index is 0.177. The highest BCUT2D eigenvalue weighted by Gasteiger charge is 2.02. The molecule has 0 fully saturated rings. The van der Waals surface area contributed by atoms with E-state index in [0.717, 1.165) is 5.56 Å². The Bertz CT molecular complexity index is 501. The van der Waals surface area contributed by atoms with Gasteiger partial charge in [0.25, 0.3) is 0 Å². The third-order valence-corrected chi connectivity index (χ3v) is 2.91. The van der Waals surface area contributed by atoms with E-state index in [1.54, 1.807) is 18.2 Å². The average Bonchev–Trinajstić information content (AvgIpc) is 2.38. The first kappa shape index (κ1) is 12.5. The average molecular weight is 242 g/mol. The molecule has 0 atom stereocenters. The van der Waals surface area contributed by atoms with Crippen molar-refractivity contribution in [3.8, 4) is 11.5 Å². The molecule has 2 aromatic rings. The second-order valence-corrected chi connectivity index (χ2v) is 4.65. The van der Waals surface area contributed by atoms with E-state index in [-0.39, 0.29) is 5.75 Å². The molecule has 2 aromatic carbocycles. The molecule has 0 spiro atoms. The second kappa shape index (κ2) is 5.58. The molecule has 1 N–H and O–H groups in total. The van der Waals surface area contributed by atoms with Crippen molar-refractivity contribution in [1.82, 2.24) is 0 Å². The maximum Gasteiger partial charge on any atom is 0.161 e. The van der Waals surface area contributed by atoms with E-state index in [2.05, 4.69) is 38.1 Å². The van der Waals surface area contributed by atoms with Crippen molar-refractivity contribution in [2.24, 2.45) is 0 Å². The first-order valence-corrected chi connectivity index (χ1v) is 6.16.